The van der Waals surface area contributed by atoms with Crippen LogP contribution in [-0.4, -0.2) is 38.7 Å². The van der Waals surface area contributed by atoms with Crippen molar-refractivity contribution in [1.29, 1.82) is 0 Å². The van der Waals surface area contributed by atoms with E-state index in [1.165, 1.54) is 0 Å². The molecule has 2 N–H and O–H groups in total. The van der Waals surface area contributed by atoms with Crippen molar-refractivity contribution in [2.75, 3.05) is 16.8 Å². The molecule has 8 heteroatoms. The van der Waals surface area contributed by atoms with Gasteiger partial charge in [-0.3, -0.25) is 4.90 Å². The van der Waals surface area contributed by atoms with Crippen LogP contribution in [0.4, 0.5) is 16.6 Å². The molecule has 3 aromatic rings. The zero-order valence-electron chi connectivity index (χ0n) is 16.4. The molecule has 1 aliphatic heterocycles. The van der Waals surface area contributed by atoms with Crippen LogP contribution in [0.2, 0.25) is 0 Å². The SMILES string of the molecule is [2H]C(C)(Nc1nccc(N2C(=O)OC[C@@H]2C(C)C)n1)c1cnc2[nH]ccc2c1. The number of aromatic amines is 1. The van der Waals surface area contributed by atoms with Gasteiger partial charge in [0.15, 0.2) is 0 Å². The Morgan fingerprint density at radius 3 is 3.04 bits per heavy atom. The van der Waals surface area contributed by atoms with Gasteiger partial charge in [-0.2, -0.15) is 4.98 Å². The Morgan fingerprint density at radius 1 is 1.37 bits per heavy atom. The van der Waals surface area contributed by atoms with Crippen LogP contribution >= 0.6 is 0 Å². The summed E-state index contributed by atoms with van der Waals surface area (Å²) in [7, 11) is 0. The molecule has 0 radical (unpaired) electrons. The molecule has 0 saturated carbocycles. The highest BCUT2D eigenvalue weighted by Crippen LogP contribution is 2.27. The number of ether oxygens (including phenoxy) is 1. The van der Waals surface area contributed by atoms with Gasteiger partial charge >= 0.3 is 6.09 Å². The summed E-state index contributed by atoms with van der Waals surface area (Å²) in [5, 5.41) is 3.95. The molecule has 4 rings (SSSR count). The fourth-order valence-electron chi connectivity index (χ4n) is 3.12. The van der Waals surface area contributed by atoms with Crippen molar-refractivity contribution in [3.8, 4) is 0 Å². The number of carbonyl (C=O) groups excluding carboxylic acids is 1. The van der Waals surface area contributed by atoms with Crippen LogP contribution < -0.4 is 10.2 Å². The molecular weight excluding hydrogens is 344 g/mol. The van der Waals surface area contributed by atoms with Crippen LogP contribution in [0.3, 0.4) is 0 Å². The second kappa shape index (κ2) is 6.86. The van der Waals surface area contributed by atoms with Crippen LogP contribution in [0, 0.1) is 5.92 Å². The number of pyridine rings is 1. The molecule has 1 amide bonds. The summed E-state index contributed by atoms with van der Waals surface area (Å²) in [6.07, 6.45) is 4.61. The molecule has 3 aromatic heterocycles. The number of hydrogen-bond donors (Lipinski definition) is 2. The Labute approximate surface area is 158 Å². The summed E-state index contributed by atoms with van der Waals surface area (Å²) >= 11 is 0. The van der Waals surface area contributed by atoms with Crippen LogP contribution in [-0.2, 0) is 4.74 Å². The Kier molecular flexibility index (Phi) is 4.08. The highest BCUT2D eigenvalue weighted by molar-refractivity contribution is 5.89. The number of cyclic esters (lactones) is 1. The molecule has 1 unspecified atom stereocenters. The summed E-state index contributed by atoms with van der Waals surface area (Å²) in [4.78, 5) is 29.8. The first-order valence-electron chi connectivity index (χ1n) is 9.36. The third-order valence-electron chi connectivity index (χ3n) is 4.70. The summed E-state index contributed by atoms with van der Waals surface area (Å²) in [5.74, 6) is 0.929. The Hall–Kier alpha value is -3.16. The number of nitrogens with one attached hydrogen (secondary N) is 2. The van der Waals surface area contributed by atoms with Crippen LogP contribution in [0.1, 0.15) is 33.7 Å². The smallest absolute Gasteiger partial charge is 0.415 e. The van der Waals surface area contributed by atoms with Crippen molar-refractivity contribution >= 4 is 28.9 Å². The number of rotatable bonds is 5. The summed E-state index contributed by atoms with van der Waals surface area (Å²) in [6.45, 7) is 6.11. The molecule has 8 nitrogen and oxygen atoms in total. The second-order valence-electron chi connectivity index (χ2n) is 6.89. The number of amides is 1. The van der Waals surface area contributed by atoms with Crippen molar-refractivity contribution in [3.05, 3.63) is 42.4 Å². The number of H-pyrrole nitrogens is 1. The van der Waals surface area contributed by atoms with Crippen molar-refractivity contribution < 1.29 is 10.9 Å². The molecule has 0 aliphatic carbocycles. The maximum atomic E-state index is 12.2. The molecule has 27 heavy (non-hydrogen) atoms. The van der Waals surface area contributed by atoms with E-state index in [1.807, 2.05) is 32.2 Å². The van der Waals surface area contributed by atoms with Crippen molar-refractivity contribution in [3.63, 3.8) is 0 Å². The number of fused-ring (bicyclic) bond motifs is 1. The van der Waals surface area contributed by atoms with E-state index in [-0.39, 0.29) is 17.9 Å². The average molecular weight is 367 g/mol. The van der Waals surface area contributed by atoms with Gasteiger partial charge in [0, 0.05) is 24.0 Å². The highest BCUT2D eigenvalue weighted by atomic mass is 16.6. The standard InChI is InChI=1S/C19H22N6O2/c1-11(2)15-10-27-19(26)25(15)16-5-7-21-18(24-16)23-12(3)14-8-13-4-6-20-17(13)22-9-14/h4-9,11-12,15H,10H2,1-3H3,(H,20,22)(H,21,23,24)/t12?,15-/m1/s1/i12D. The molecule has 140 valence electrons. The highest BCUT2D eigenvalue weighted by Gasteiger charge is 2.37. The van der Waals surface area contributed by atoms with E-state index in [0.717, 1.165) is 11.0 Å². The van der Waals surface area contributed by atoms with Gasteiger partial charge in [-0.05, 0) is 36.6 Å². The molecule has 1 aliphatic rings. The van der Waals surface area contributed by atoms with Gasteiger partial charge in [0.1, 0.15) is 18.1 Å². The van der Waals surface area contributed by atoms with Gasteiger partial charge in [-0.15, -0.1) is 0 Å². The average Bonchev–Trinajstić information content (AvgIpc) is 3.27. The number of nitrogens with zero attached hydrogens (tertiary/aromatic N) is 4. The molecule has 4 heterocycles. The number of anilines is 2. The maximum Gasteiger partial charge on any atom is 0.415 e. The van der Waals surface area contributed by atoms with E-state index in [2.05, 4.69) is 25.3 Å². The van der Waals surface area contributed by atoms with Crippen LogP contribution in [0.5, 0.6) is 0 Å². The van der Waals surface area contributed by atoms with Gasteiger partial charge in [0.25, 0.3) is 0 Å². The van der Waals surface area contributed by atoms with E-state index in [1.54, 1.807) is 30.3 Å². The van der Waals surface area contributed by atoms with Crippen molar-refractivity contribution in [2.45, 2.75) is 32.8 Å². The first-order chi connectivity index (χ1) is 13.3. The van der Waals surface area contributed by atoms with Gasteiger partial charge in [-0.25, -0.2) is 14.8 Å². The fraction of sp³-hybridized carbons (Fsp3) is 0.368. The van der Waals surface area contributed by atoms with Crippen molar-refractivity contribution in [1.82, 2.24) is 19.9 Å². The minimum Gasteiger partial charge on any atom is -0.447 e. The first kappa shape index (κ1) is 16.0. The summed E-state index contributed by atoms with van der Waals surface area (Å²) < 4.78 is 13.9. The molecule has 0 bridgehead atoms. The summed E-state index contributed by atoms with van der Waals surface area (Å²) in [6, 6.07) is 4.18. The predicted octanol–water partition coefficient (Wildman–Crippen LogP) is 3.51. The van der Waals surface area contributed by atoms with E-state index >= 15 is 0 Å². The largest absolute Gasteiger partial charge is 0.447 e. The second-order valence-corrected chi connectivity index (χ2v) is 6.89. The monoisotopic (exact) mass is 367 g/mol. The molecule has 1 saturated heterocycles. The van der Waals surface area contributed by atoms with Gasteiger partial charge in [0.05, 0.1) is 13.4 Å². The van der Waals surface area contributed by atoms with Gasteiger partial charge in [0.2, 0.25) is 5.95 Å². The van der Waals surface area contributed by atoms with Gasteiger partial charge < -0.3 is 15.0 Å². The lowest BCUT2D eigenvalue weighted by Gasteiger charge is -2.23. The zero-order chi connectivity index (χ0) is 19.9. The lowest BCUT2D eigenvalue weighted by Crippen LogP contribution is -2.37. The van der Waals surface area contributed by atoms with E-state index < -0.39 is 12.1 Å². The number of aromatic nitrogens is 4. The Bertz CT molecular complexity index is 1020. The van der Waals surface area contributed by atoms with Crippen LogP contribution in [0.15, 0.2) is 36.8 Å². The van der Waals surface area contributed by atoms with E-state index in [9.17, 15) is 4.79 Å². The predicted molar refractivity (Wildman–Crippen MR) is 103 cm³/mol. The normalized spacial score (nSPS) is 19.9. The van der Waals surface area contributed by atoms with Crippen molar-refractivity contribution in [2.24, 2.45) is 5.92 Å². The number of hydrogen-bond acceptors (Lipinski definition) is 6. The topological polar surface area (TPSA) is 96.0 Å². The van der Waals surface area contributed by atoms with Gasteiger partial charge in [-0.1, -0.05) is 13.8 Å². The summed E-state index contributed by atoms with van der Waals surface area (Å²) in [5.41, 5.74) is 1.44. The van der Waals surface area contributed by atoms with Crippen LogP contribution in [0.25, 0.3) is 11.0 Å². The molecule has 1 fully saturated rings. The minimum atomic E-state index is -1.21. The first-order valence-corrected chi connectivity index (χ1v) is 8.86. The lowest BCUT2D eigenvalue weighted by molar-refractivity contribution is 0.177. The molecule has 0 aromatic carbocycles. The molecular formula is C19H22N6O2. The fourth-order valence-corrected chi connectivity index (χ4v) is 3.12. The minimum absolute atomic E-state index is 0.0853. The third-order valence-corrected chi connectivity index (χ3v) is 4.70. The lowest BCUT2D eigenvalue weighted by atomic mass is 10.0. The molecule has 2 atom stereocenters. The molecule has 0 spiro atoms. The third kappa shape index (κ3) is 3.30. The Morgan fingerprint density at radius 2 is 2.22 bits per heavy atom. The van der Waals surface area contributed by atoms with E-state index in [0.29, 0.717) is 18.0 Å². The quantitative estimate of drug-likeness (QED) is 0.716. The zero-order valence-corrected chi connectivity index (χ0v) is 15.4. The number of carbonyl (C=O) groups is 1. The van der Waals surface area contributed by atoms with E-state index in [4.69, 9.17) is 6.11 Å². The Balaban J connectivity index is 1.61. The maximum absolute atomic E-state index is 12.2.